The van der Waals surface area contributed by atoms with Crippen LogP contribution in [-0.2, 0) is 6.54 Å². The third-order valence-electron chi connectivity index (χ3n) is 3.18. The van der Waals surface area contributed by atoms with Gasteiger partial charge in [0.05, 0.1) is 17.8 Å². The number of amidine groups is 1. The number of hydrogen-bond acceptors (Lipinski definition) is 2. The van der Waals surface area contributed by atoms with Crippen LogP contribution in [0.2, 0.25) is 0 Å². The van der Waals surface area contributed by atoms with Crippen molar-refractivity contribution in [3.05, 3.63) is 29.8 Å². The zero-order valence-corrected chi connectivity index (χ0v) is 12.0. The molecule has 0 spiro atoms. The van der Waals surface area contributed by atoms with E-state index in [-0.39, 0.29) is 7.70 Å². The lowest BCUT2D eigenvalue weighted by atomic mass is 10.2. The second-order valence-corrected chi connectivity index (χ2v) is 6.85. The minimum Gasteiger partial charge on any atom is -0.360 e. The normalized spacial score (nSPS) is 15.1. The lowest BCUT2D eigenvalue weighted by Gasteiger charge is -2.17. The molecule has 3 nitrogen and oxygen atoms in total. The molecule has 0 heterocycles. The Morgan fingerprint density at radius 3 is 2.89 bits per heavy atom. The molecule has 0 aliphatic heterocycles. The van der Waals surface area contributed by atoms with Gasteiger partial charge in [-0.3, -0.25) is 5.41 Å². The maximum Gasteiger partial charge on any atom is 0.204 e. The van der Waals surface area contributed by atoms with Gasteiger partial charge in [-0.15, -0.1) is 0 Å². The van der Waals surface area contributed by atoms with Crippen LogP contribution in [0.15, 0.2) is 24.3 Å². The molecule has 1 aromatic carbocycles. The van der Waals surface area contributed by atoms with Crippen LogP contribution in [0, 0.1) is 5.41 Å². The zero-order valence-electron chi connectivity index (χ0n) is 11.1. The Bertz CT molecular complexity index is 466. The molecule has 0 saturated heterocycles. The Morgan fingerprint density at radius 1 is 1.56 bits per heavy atom. The van der Waals surface area contributed by atoms with Crippen molar-refractivity contribution in [3.8, 4) is 0 Å². The van der Waals surface area contributed by atoms with Gasteiger partial charge in [-0.2, -0.15) is 0 Å². The van der Waals surface area contributed by atoms with E-state index in [1.807, 2.05) is 18.9 Å². The Kier molecular flexibility index (Phi) is 4.03. The first kappa shape index (κ1) is 13.1. The summed E-state index contributed by atoms with van der Waals surface area (Å²) < 4.78 is 0. The van der Waals surface area contributed by atoms with E-state index in [9.17, 15) is 0 Å². The number of benzene rings is 1. The van der Waals surface area contributed by atoms with E-state index in [2.05, 4.69) is 35.7 Å². The standard InChI is InChI=1S/C14H21N3P/c1-11(15)17(2)10-12-5-4-6-13(9-12)16-18(3)14-7-8-14/h4-6,9,14-16H,3,7-8,10H2,1-2H3/q+1. The number of nitrogens with one attached hydrogen (secondary N) is 2. The van der Waals surface area contributed by atoms with Gasteiger partial charge in [0.25, 0.3) is 0 Å². The second-order valence-electron chi connectivity index (χ2n) is 4.95. The van der Waals surface area contributed by atoms with Gasteiger partial charge in [-0.25, -0.2) is 5.09 Å². The zero-order chi connectivity index (χ0) is 13.1. The van der Waals surface area contributed by atoms with Gasteiger partial charge in [0.2, 0.25) is 7.70 Å². The monoisotopic (exact) mass is 262 g/mol. The predicted molar refractivity (Wildman–Crippen MR) is 82.0 cm³/mol. The third kappa shape index (κ3) is 3.58. The van der Waals surface area contributed by atoms with Crippen LogP contribution < -0.4 is 5.09 Å². The van der Waals surface area contributed by atoms with Crippen molar-refractivity contribution in [2.24, 2.45) is 0 Å². The molecule has 1 aromatic rings. The molecule has 1 fully saturated rings. The summed E-state index contributed by atoms with van der Waals surface area (Å²) in [5.41, 5.74) is 3.21. The van der Waals surface area contributed by atoms with Crippen molar-refractivity contribution in [1.82, 2.24) is 4.90 Å². The van der Waals surface area contributed by atoms with Crippen LogP contribution in [0.3, 0.4) is 0 Å². The minimum atomic E-state index is -0.306. The SMILES string of the molecule is C=[P+](Nc1cccc(CN(C)C(C)=N)c1)C1CC1. The summed E-state index contributed by atoms with van der Waals surface area (Å²) in [4.78, 5) is 1.94. The molecule has 18 heavy (non-hydrogen) atoms. The molecular formula is C14H21N3P+. The molecule has 0 radical (unpaired) electrons. The van der Waals surface area contributed by atoms with Gasteiger partial charge in [0.15, 0.2) is 0 Å². The van der Waals surface area contributed by atoms with Crippen LogP contribution >= 0.6 is 7.70 Å². The Morgan fingerprint density at radius 2 is 2.28 bits per heavy atom. The molecular weight excluding hydrogens is 241 g/mol. The van der Waals surface area contributed by atoms with Gasteiger partial charge in [-0.05, 0) is 37.5 Å². The van der Waals surface area contributed by atoms with Crippen molar-refractivity contribution < 1.29 is 0 Å². The van der Waals surface area contributed by atoms with E-state index in [0.717, 1.165) is 17.9 Å². The summed E-state index contributed by atoms with van der Waals surface area (Å²) in [6, 6.07) is 8.44. The summed E-state index contributed by atoms with van der Waals surface area (Å²) in [5, 5.41) is 11.1. The highest BCUT2D eigenvalue weighted by Gasteiger charge is 2.35. The smallest absolute Gasteiger partial charge is 0.204 e. The molecule has 4 heteroatoms. The van der Waals surface area contributed by atoms with Crippen molar-refractivity contribution in [1.29, 1.82) is 5.41 Å². The third-order valence-corrected chi connectivity index (χ3v) is 5.12. The highest BCUT2D eigenvalue weighted by molar-refractivity contribution is 7.58. The van der Waals surface area contributed by atoms with Crippen LogP contribution in [0.5, 0.6) is 0 Å². The molecule has 1 saturated carbocycles. The number of nitrogens with zero attached hydrogens (tertiary/aromatic N) is 1. The quantitative estimate of drug-likeness (QED) is 0.484. The molecule has 96 valence electrons. The number of rotatable bonds is 5. The largest absolute Gasteiger partial charge is 0.360 e. The summed E-state index contributed by atoms with van der Waals surface area (Å²) >= 11 is 0. The van der Waals surface area contributed by atoms with Crippen LogP contribution in [-0.4, -0.2) is 29.7 Å². The van der Waals surface area contributed by atoms with E-state index in [1.54, 1.807) is 0 Å². The van der Waals surface area contributed by atoms with Crippen molar-refractivity contribution in [2.45, 2.75) is 32.0 Å². The molecule has 0 amide bonds. The molecule has 2 rings (SSSR count). The van der Waals surface area contributed by atoms with E-state index < -0.39 is 0 Å². The highest BCUT2D eigenvalue weighted by Crippen LogP contribution is 2.44. The van der Waals surface area contributed by atoms with Gasteiger partial charge in [0, 0.05) is 13.6 Å². The number of hydrogen-bond donors (Lipinski definition) is 2. The second kappa shape index (κ2) is 5.53. The summed E-state index contributed by atoms with van der Waals surface area (Å²) in [7, 11) is 1.64. The summed E-state index contributed by atoms with van der Waals surface area (Å²) in [6.07, 6.45) is 6.89. The van der Waals surface area contributed by atoms with E-state index in [1.165, 1.54) is 18.4 Å². The molecule has 0 aromatic heterocycles. The fourth-order valence-corrected chi connectivity index (χ4v) is 3.20. The maximum absolute atomic E-state index is 7.58. The van der Waals surface area contributed by atoms with E-state index in [0.29, 0.717) is 5.84 Å². The fourth-order valence-electron chi connectivity index (χ4n) is 1.77. The fraction of sp³-hybridized carbons (Fsp3) is 0.429. The predicted octanol–water partition coefficient (Wildman–Crippen LogP) is 3.52. The average molecular weight is 262 g/mol. The van der Waals surface area contributed by atoms with Crippen LogP contribution in [0.25, 0.3) is 0 Å². The molecule has 2 N–H and O–H groups in total. The summed E-state index contributed by atoms with van der Waals surface area (Å²) in [6.45, 7) is 2.59. The first-order valence-electron chi connectivity index (χ1n) is 6.28. The highest BCUT2D eigenvalue weighted by atomic mass is 31.1. The molecule has 1 unspecified atom stereocenters. The number of anilines is 1. The average Bonchev–Trinajstić information content (AvgIpc) is 3.12. The van der Waals surface area contributed by atoms with Crippen molar-refractivity contribution in [2.75, 3.05) is 12.1 Å². The summed E-state index contributed by atoms with van der Waals surface area (Å²) in [5.74, 6) is 0.589. The minimum absolute atomic E-state index is 0.306. The molecule has 0 bridgehead atoms. The van der Waals surface area contributed by atoms with Gasteiger partial charge in [0.1, 0.15) is 5.66 Å². The van der Waals surface area contributed by atoms with Gasteiger partial charge >= 0.3 is 0 Å². The van der Waals surface area contributed by atoms with Crippen LogP contribution in [0.1, 0.15) is 25.3 Å². The maximum atomic E-state index is 7.58. The first-order chi connectivity index (χ1) is 8.56. The Balaban J connectivity index is 2.00. The Hall–Kier alpha value is -1.34. The molecule has 1 aliphatic rings. The first-order valence-corrected chi connectivity index (χ1v) is 7.87. The lowest BCUT2D eigenvalue weighted by molar-refractivity contribution is 0.494. The molecule has 1 aliphatic carbocycles. The van der Waals surface area contributed by atoms with E-state index in [4.69, 9.17) is 5.41 Å². The van der Waals surface area contributed by atoms with Gasteiger partial charge < -0.3 is 4.90 Å². The van der Waals surface area contributed by atoms with E-state index >= 15 is 0 Å². The topological polar surface area (TPSA) is 39.1 Å². The Labute approximate surface area is 110 Å². The molecule has 1 atom stereocenters. The van der Waals surface area contributed by atoms with Crippen LogP contribution in [0.4, 0.5) is 5.69 Å². The lowest BCUT2D eigenvalue weighted by Crippen LogP contribution is -2.22. The van der Waals surface area contributed by atoms with Crippen molar-refractivity contribution in [3.63, 3.8) is 0 Å². The van der Waals surface area contributed by atoms with Gasteiger partial charge in [-0.1, -0.05) is 12.1 Å². The van der Waals surface area contributed by atoms with Crippen molar-refractivity contribution >= 4 is 25.5 Å².